The minimum absolute atomic E-state index is 0.0287. The SMILES string of the molecule is CC1(C)CNC(=O)c2sc(N3CCOc4ccc(B5OC(C)(C)C(C)(C)O5)cc43)nc2C1. The van der Waals surface area contributed by atoms with Crippen LogP contribution >= 0.6 is 11.3 Å². The summed E-state index contributed by atoms with van der Waals surface area (Å²) in [7, 11) is -0.450. The van der Waals surface area contributed by atoms with E-state index in [4.69, 9.17) is 19.0 Å². The topological polar surface area (TPSA) is 72.9 Å². The fraction of sp³-hybridized carbons (Fsp3) is 0.565. The van der Waals surface area contributed by atoms with Crippen molar-refractivity contribution in [3.63, 3.8) is 0 Å². The lowest BCUT2D eigenvalue weighted by Gasteiger charge is -2.32. The summed E-state index contributed by atoms with van der Waals surface area (Å²) < 4.78 is 18.4. The van der Waals surface area contributed by atoms with Crippen LogP contribution in [0.15, 0.2) is 18.2 Å². The Kier molecular flexibility index (Phi) is 4.89. The molecule has 0 aliphatic carbocycles. The molecule has 1 N–H and O–H groups in total. The van der Waals surface area contributed by atoms with Crippen molar-refractivity contribution in [2.45, 2.75) is 59.2 Å². The molecule has 3 aliphatic heterocycles. The van der Waals surface area contributed by atoms with Crippen LogP contribution in [-0.4, -0.2) is 48.9 Å². The van der Waals surface area contributed by atoms with Gasteiger partial charge in [-0.25, -0.2) is 4.98 Å². The van der Waals surface area contributed by atoms with Crippen molar-refractivity contribution >= 4 is 40.6 Å². The number of amides is 1. The smallest absolute Gasteiger partial charge is 0.490 e. The van der Waals surface area contributed by atoms with E-state index in [1.165, 1.54) is 11.3 Å². The Hall–Kier alpha value is -2.10. The number of hydrogen-bond donors (Lipinski definition) is 1. The van der Waals surface area contributed by atoms with Gasteiger partial charge in [-0.15, -0.1) is 0 Å². The monoisotopic (exact) mass is 455 g/mol. The molecule has 1 aromatic heterocycles. The third kappa shape index (κ3) is 3.60. The Morgan fingerprint density at radius 3 is 2.56 bits per heavy atom. The third-order valence-electron chi connectivity index (χ3n) is 6.87. The second-order valence-electron chi connectivity index (χ2n) is 10.6. The van der Waals surface area contributed by atoms with E-state index in [-0.39, 0.29) is 11.3 Å². The largest absolute Gasteiger partial charge is 0.494 e. The second kappa shape index (κ2) is 7.20. The lowest BCUT2D eigenvalue weighted by Crippen LogP contribution is -2.41. The van der Waals surface area contributed by atoms with E-state index in [1.54, 1.807) is 0 Å². The minimum Gasteiger partial charge on any atom is -0.490 e. The van der Waals surface area contributed by atoms with E-state index in [1.807, 2.05) is 12.1 Å². The van der Waals surface area contributed by atoms with Crippen molar-refractivity contribution in [3.8, 4) is 5.75 Å². The van der Waals surface area contributed by atoms with Gasteiger partial charge in [0.05, 0.1) is 29.1 Å². The summed E-state index contributed by atoms with van der Waals surface area (Å²) in [6, 6.07) is 6.03. The normalized spacial score (nSPS) is 23.1. The highest BCUT2D eigenvalue weighted by Gasteiger charge is 2.52. The van der Waals surface area contributed by atoms with Gasteiger partial charge < -0.3 is 24.3 Å². The summed E-state index contributed by atoms with van der Waals surface area (Å²) >= 11 is 1.45. The van der Waals surface area contributed by atoms with Gasteiger partial charge in [-0.3, -0.25) is 4.79 Å². The number of benzene rings is 1. The van der Waals surface area contributed by atoms with Gasteiger partial charge in [-0.2, -0.15) is 0 Å². The maximum absolute atomic E-state index is 12.7. The van der Waals surface area contributed by atoms with Crippen LogP contribution in [0.1, 0.15) is 56.9 Å². The van der Waals surface area contributed by atoms with Crippen LogP contribution in [0.5, 0.6) is 5.75 Å². The molecule has 0 radical (unpaired) electrons. The molecule has 3 aliphatic rings. The molecule has 0 bridgehead atoms. The fourth-order valence-electron chi connectivity index (χ4n) is 4.23. The number of rotatable bonds is 2. The highest BCUT2D eigenvalue weighted by molar-refractivity contribution is 7.17. The van der Waals surface area contributed by atoms with Gasteiger partial charge in [0.2, 0.25) is 0 Å². The zero-order valence-electron chi connectivity index (χ0n) is 19.6. The average Bonchev–Trinajstić information content (AvgIpc) is 3.18. The van der Waals surface area contributed by atoms with Crippen molar-refractivity contribution in [2.75, 3.05) is 24.6 Å². The Labute approximate surface area is 193 Å². The average molecular weight is 455 g/mol. The van der Waals surface area contributed by atoms with Gasteiger partial charge in [-0.1, -0.05) is 31.3 Å². The summed E-state index contributed by atoms with van der Waals surface area (Å²) in [5.41, 5.74) is 1.90. The van der Waals surface area contributed by atoms with Crippen LogP contribution in [-0.2, 0) is 15.7 Å². The number of carbonyl (C=O) groups excluding carboxylic acids is 1. The van der Waals surface area contributed by atoms with Gasteiger partial charge in [0, 0.05) is 6.54 Å². The molecule has 7 nitrogen and oxygen atoms in total. The van der Waals surface area contributed by atoms with Gasteiger partial charge in [-0.05, 0) is 57.1 Å². The number of nitrogens with one attached hydrogen (secondary N) is 1. The second-order valence-corrected chi connectivity index (χ2v) is 11.6. The van der Waals surface area contributed by atoms with Gasteiger partial charge in [0.15, 0.2) is 5.13 Å². The molecule has 5 rings (SSSR count). The summed E-state index contributed by atoms with van der Waals surface area (Å²) in [5, 5.41) is 3.86. The Bertz CT molecular complexity index is 1070. The first-order chi connectivity index (χ1) is 15.0. The summed E-state index contributed by atoms with van der Waals surface area (Å²) in [5.74, 6) is 0.764. The molecule has 0 saturated carbocycles. The minimum atomic E-state index is -0.450. The van der Waals surface area contributed by atoms with Crippen LogP contribution in [0.25, 0.3) is 0 Å². The van der Waals surface area contributed by atoms with E-state index in [9.17, 15) is 4.79 Å². The lowest BCUT2D eigenvalue weighted by molar-refractivity contribution is 0.00578. The van der Waals surface area contributed by atoms with Crippen LogP contribution in [0.4, 0.5) is 10.8 Å². The number of hydrogen-bond acceptors (Lipinski definition) is 7. The van der Waals surface area contributed by atoms with Crippen molar-refractivity contribution in [3.05, 3.63) is 28.8 Å². The van der Waals surface area contributed by atoms with Crippen molar-refractivity contribution < 1.29 is 18.8 Å². The lowest BCUT2D eigenvalue weighted by atomic mass is 9.78. The molecule has 2 aromatic rings. The number of carbonyl (C=O) groups is 1. The molecule has 4 heterocycles. The molecular formula is C23H30BN3O4S. The first kappa shape index (κ1) is 21.7. The third-order valence-corrected chi connectivity index (χ3v) is 7.99. The molecule has 0 atom stereocenters. The van der Waals surface area contributed by atoms with Gasteiger partial charge in [0.1, 0.15) is 17.2 Å². The van der Waals surface area contributed by atoms with Crippen LogP contribution < -0.4 is 20.4 Å². The molecule has 0 spiro atoms. The molecule has 170 valence electrons. The summed E-state index contributed by atoms with van der Waals surface area (Å²) in [6.45, 7) is 14.4. The zero-order chi connectivity index (χ0) is 22.9. The molecule has 0 unspecified atom stereocenters. The predicted octanol–water partition coefficient (Wildman–Crippen LogP) is 3.28. The van der Waals surface area contributed by atoms with E-state index >= 15 is 0 Å². The molecule has 9 heteroatoms. The van der Waals surface area contributed by atoms with Gasteiger partial charge in [0.25, 0.3) is 5.91 Å². The molecular weight excluding hydrogens is 425 g/mol. The van der Waals surface area contributed by atoms with E-state index in [0.29, 0.717) is 24.6 Å². The first-order valence-corrected chi connectivity index (χ1v) is 12.0. The molecule has 1 fully saturated rings. The number of anilines is 2. The van der Waals surface area contributed by atoms with Crippen LogP contribution in [0.3, 0.4) is 0 Å². The first-order valence-electron chi connectivity index (χ1n) is 11.1. The highest BCUT2D eigenvalue weighted by Crippen LogP contribution is 2.41. The van der Waals surface area contributed by atoms with Crippen molar-refractivity contribution in [1.82, 2.24) is 10.3 Å². The number of nitrogens with zero attached hydrogens (tertiary/aromatic N) is 2. The zero-order valence-corrected chi connectivity index (χ0v) is 20.4. The standard InChI is InChI=1S/C23H30BN3O4S/c1-21(2)12-15-18(19(28)25-13-21)32-20(26-15)27-9-10-29-17-8-7-14(11-16(17)27)24-30-22(3,4)23(5,6)31-24/h7-8,11H,9-10,12-13H2,1-6H3,(H,25,28). The number of fused-ring (bicyclic) bond motifs is 2. The molecule has 1 saturated heterocycles. The molecule has 1 amide bonds. The summed E-state index contributed by atoms with van der Waals surface area (Å²) in [4.78, 5) is 20.4. The Balaban J connectivity index is 1.50. The van der Waals surface area contributed by atoms with Crippen LogP contribution in [0.2, 0.25) is 0 Å². The Morgan fingerprint density at radius 1 is 1.12 bits per heavy atom. The van der Waals surface area contributed by atoms with E-state index in [2.05, 4.69) is 57.8 Å². The Morgan fingerprint density at radius 2 is 1.84 bits per heavy atom. The number of thiazole rings is 1. The maximum Gasteiger partial charge on any atom is 0.494 e. The molecule has 1 aromatic carbocycles. The number of aromatic nitrogens is 1. The van der Waals surface area contributed by atoms with E-state index < -0.39 is 18.3 Å². The maximum atomic E-state index is 12.7. The highest BCUT2D eigenvalue weighted by atomic mass is 32.1. The van der Waals surface area contributed by atoms with Gasteiger partial charge >= 0.3 is 7.12 Å². The van der Waals surface area contributed by atoms with Crippen molar-refractivity contribution in [1.29, 1.82) is 0 Å². The van der Waals surface area contributed by atoms with Crippen LogP contribution in [0, 0.1) is 5.41 Å². The quantitative estimate of drug-likeness (QED) is 0.701. The fourth-order valence-corrected chi connectivity index (χ4v) is 5.27. The molecule has 32 heavy (non-hydrogen) atoms. The summed E-state index contributed by atoms with van der Waals surface area (Å²) in [6.07, 6.45) is 0.767. The number of ether oxygens (including phenoxy) is 1. The van der Waals surface area contributed by atoms with E-state index in [0.717, 1.165) is 34.1 Å². The van der Waals surface area contributed by atoms with Crippen molar-refractivity contribution in [2.24, 2.45) is 5.41 Å². The predicted molar refractivity (Wildman–Crippen MR) is 127 cm³/mol.